The van der Waals surface area contributed by atoms with Crippen molar-refractivity contribution in [1.29, 1.82) is 0 Å². The molecule has 0 aromatic heterocycles. The lowest BCUT2D eigenvalue weighted by Crippen LogP contribution is -2.51. The summed E-state index contributed by atoms with van der Waals surface area (Å²) < 4.78 is 44.2. The van der Waals surface area contributed by atoms with Gasteiger partial charge < -0.3 is 14.9 Å². The average Bonchev–Trinajstić information content (AvgIpc) is 2.38. The first-order valence-electron chi connectivity index (χ1n) is 5.37. The van der Waals surface area contributed by atoms with Gasteiger partial charge >= 0.3 is 0 Å². The minimum atomic E-state index is -4.06. The summed E-state index contributed by atoms with van der Waals surface area (Å²) in [6.07, 6.45) is 0. The van der Waals surface area contributed by atoms with Crippen LogP contribution in [0, 0.1) is 5.82 Å². The van der Waals surface area contributed by atoms with E-state index in [-0.39, 0.29) is 10.6 Å². The molecule has 1 aromatic carbocycles. The number of aliphatic hydroxyl groups is 2. The van der Waals surface area contributed by atoms with E-state index in [1.54, 1.807) is 0 Å². The lowest BCUT2D eigenvalue weighted by atomic mass is 10.1. The smallest absolute Gasteiger partial charge is 0.241 e. The van der Waals surface area contributed by atoms with Crippen molar-refractivity contribution >= 4 is 10.0 Å². The molecule has 0 bridgehead atoms. The maximum absolute atomic E-state index is 13.5. The fourth-order valence-electron chi connectivity index (χ4n) is 1.31. The number of benzene rings is 1. The van der Waals surface area contributed by atoms with Gasteiger partial charge in [0.25, 0.3) is 0 Å². The van der Waals surface area contributed by atoms with Gasteiger partial charge in [0.15, 0.2) is 11.6 Å². The van der Waals surface area contributed by atoms with Crippen LogP contribution in [-0.2, 0) is 10.0 Å². The summed E-state index contributed by atoms with van der Waals surface area (Å²) in [7, 11) is -2.79. The Labute approximate surface area is 110 Å². The third-order valence-corrected chi connectivity index (χ3v) is 4.15. The molecule has 0 radical (unpaired) electrons. The SMILES string of the molecule is COc1ccc(S(=O)(=O)NC(C)(CO)CO)cc1F. The van der Waals surface area contributed by atoms with Crippen molar-refractivity contribution in [3.63, 3.8) is 0 Å². The summed E-state index contributed by atoms with van der Waals surface area (Å²) in [5.41, 5.74) is -1.42. The number of aliphatic hydroxyl groups excluding tert-OH is 2. The first kappa shape index (κ1) is 15.8. The zero-order chi connectivity index (χ0) is 14.7. The predicted molar refractivity (Wildman–Crippen MR) is 65.9 cm³/mol. The Morgan fingerprint density at radius 3 is 2.37 bits per heavy atom. The first-order valence-corrected chi connectivity index (χ1v) is 6.85. The van der Waals surface area contributed by atoms with Crippen LogP contribution < -0.4 is 9.46 Å². The number of methoxy groups -OCH3 is 1. The van der Waals surface area contributed by atoms with E-state index < -0.39 is 34.6 Å². The molecule has 0 aliphatic heterocycles. The van der Waals surface area contributed by atoms with Crippen LogP contribution in [0.4, 0.5) is 4.39 Å². The van der Waals surface area contributed by atoms with Crippen molar-refractivity contribution in [2.75, 3.05) is 20.3 Å². The highest BCUT2D eigenvalue weighted by Crippen LogP contribution is 2.21. The number of rotatable bonds is 6. The molecule has 0 atom stereocenters. The third-order valence-electron chi connectivity index (χ3n) is 2.51. The van der Waals surface area contributed by atoms with Crippen LogP contribution in [0.15, 0.2) is 23.1 Å². The van der Waals surface area contributed by atoms with Crippen molar-refractivity contribution in [3.8, 4) is 5.75 Å². The quantitative estimate of drug-likeness (QED) is 0.678. The van der Waals surface area contributed by atoms with Gasteiger partial charge in [-0.25, -0.2) is 17.5 Å². The second-order valence-corrected chi connectivity index (χ2v) is 5.96. The van der Waals surface area contributed by atoms with E-state index in [4.69, 9.17) is 10.2 Å². The number of ether oxygens (including phenoxy) is 1. The van der Waals surface area contributed by atoms with Gasteiger partial charge in [-0.1, -0.05) is 0 Å². The highest BCUT2D eigenvalue weighted by molar-refractivity contribution is 7.89. The predicted octanol–water partition coefficient (Wildman–Crippen LogP) is -0.144. The van der Waals surface area contributed by atoms with E-state index in [0.29, 0.717) is 0 Å². The molecule has 0 saturated heterocycles. The molecule has 19 heavy (non-hydrogen) atoms. The van der Waals surface area contributed by atoms with Gasteiger partial charge in [0.1, 0.15) is 0 Å². The number of hydrogen-bond donors (Lipinski definition) is 3. The zero-order valence-electron chi connectivity index (χ0n) is 10.6. The standard InChI is InChI=1S/C11H16FNO5S/c1-11(6-14,7-15)13-19(16,17)8-3-4-10(18-2)9(12)5-8/h3-5,13-15H,6-7H2,1-2H3. The summed E-state index contributed by atoms with van der Waals surface area (Å²) in [5.74, 6) is -0.897. The molecule has 1 aromatic rings. The Morgan fingerprint density at radius 1 is 1.37 bits per heavy atom. The zero-order valence-corrected chi connectivity index (χ0v) is 11.4. The number of hydrogen-bond acceptors (Lipinski definition) is 5. The minimum absolute atomic E-state index is 0.0778. The van der Waals surface area contributed by atoms with Gasteiger partial charge in [0.05, 0.1) is 30.8 Å². The third kappa shape index (κ3) is 3.63. The van der Waals surface area contributed by atoms with E-state index >= 15 is 0 Å². The van der Waals surface area contributed by atoms with Crippen LogP contribution in [0.25, 0.3) is 0 Å². The van der Waals surface area contributed by atoms with Crippen LogP contribution in [0.1, 0.15) is 6.92 Å². The molecule has 0 saturated carbocycles. The largest absolute Gasteiger partial charge is 0.494 e. The van der Waals surface area contributed by atoms with Crippen LogP contribution in [-0.4, -0.2) is 44.5 Å². The Kier molecular flexibility index (Phi) is 4.86. The van der Waals surface area contributed by atoms with Gasteiger partial charge in [0.2, 0.25) is 10.0 Å². The molecular weight excluding hydrogens is 277 g/mol. The number of sulfonamides is 1. The van der Waals surface area contributed by atoms with Crippen LogP contribution >= 0.6 is 0 Å². The van der Waals surface area contributed by atoms with Crippen LogP contribution in [0.5, 0.6) is 5.75 Å². The van der Waals surface area contributed by atoms with Crippen LogP contribution in [0.2, 0.25) is 0 Å². The van der Waals surface area contributed by atoms with Gasteiger partial charge in [-0.05, 0) is 25.1 Å². The lowest BCUT2D eigenvalue weighted by Gasteiger charge is -2.25. The normalized spacial score (nSPS) is 12.5. The Morgan fingerprint density at radius 2 is 1.95 bits per heavy atom. The number of halogens is 1. The van der Waals surface area contributed by atoms with E-state index in [9.17, 15) is 12.8 Å². The topological polar surface area (TPSA) is 95.9 Å². The summed E-state index contributed by atoms with van der Waals surface area (Å²) in [6.45, 7) is 0.132. The summed E-state index contributed by atoms with van der Waals surface area (Å²) >= 11 is 0. The molecule has 108 valence electrons. The van der Waals surface area contributed by atoms with E-state index in [2.05, 4.69) is 9.46 Å². The number of nitrogens with one attached hydrogen (secondary N) is 1. The minimum Gasteiger partial charge on any atom is -0.494 e. The van der Waals surface area contributed by atoms with E-state index in [1.807, 2.05) is 0 Å². The second kappa shape index (κ2) is 5.83. The fourth-order valence-corrected chi connectivity index (χ4v) is 2.71. The van der Waals surface area contributed by atoms with Crippen molar-refractivity contribution < 1.29 is 27.8 Å². The molecule has 0 fully saturated rings. The van der Waals surface area contributed by atoms with Crippen molar-refractivity contribution in [1.82, 2.24) is 4.72 Å². The van der Waals surface area contributed by atoms with Crippen LogP contribution in [0.3, 0.4) is 0 Å². The summed E-state index contributed by atoms with van der Waals surface area (Å²) in [5, 5.41) is 18.1. The van der Waals surface area contributed by atoms with Gasteiger partial charge in [-0.2, -0.15) is 0 Å². The highest BCUT2D eigenvalue weighted by Gasteiger charge is 2.30. The van der Waals surface area contributed by atoms with Crippen molar-refractivity contribution in [2.24, 2.45) is 0 Å². The van der Waals surface area contributed by atoms with E-state index in [0.717, 1.165) is 6.07 Å². The molecular formula is C11H16FNO5S. The summed E-state index contributed by atoms with van der Waals surface area (Å²) in [6, 6.07) is 3.15. The molecule has 0 spiro atoms. The van der Waals surface area contributed by atoms with Crippen molar-refractivity contribution in [2.45, 2.75) is 17.4 Å². The van der Waals surface area contributed by atoms with Gasteiger partial charge in [-0.15, -0.1) is 0 Å². The Hall–Kier alpha value is -1.22. The molecule has 6 nitrogen and oxygen atoms in total. The average molecular weight is 293 g/mol. The highest BCUT2D eigenvalue weighted by atomic mass is 32.2. The Balaban J connectivity index is 3.11. The van der Waals surface area contributed by atoms with Crippen molar-refractivity contribution in [3.05, 3.63) is 24.0 Å². The monoisotopic (exact) mass is 293 g/mol. The van der Waals surface area contributed by atoms with Gasteiger partial charge in [-0.3, -0.25) is 0 Å². The maximum atomic E-state index is 13.5. The Bertz CT molecular complexity index is 542. The molecule has 0 amide bonds. The second-order valence-electron chi connectivity index (χ2n) is 4.28. The summed E-state index contributed by atoms with van der Waals surface area (Å²) in [4.78, 5) is -0.320. The lowest BCUT2D eigenvalue weighted by molar-refractivity contribution is 0.121. The first-order chi connectivity index (χ1) is 8.78. The van der Waals surface area contributed by atoms with E-state index in [1.165, 1.54) is 26.2 Å². The molecule has 8 heteroatoms. The molecule has 1 rings (SSSR count). The fraction of sp³-hybridized carbons (Fsp3) is 0.455. The van der Waals surface area contributed by atoms with Gasteiger partial charge in [0, 0.05) is 0 Å². The molecule has 3 N–H and O–H groups in total. The molecule has 0 heterocycles. The molecule has 0 unspecified atom stereocenters. The molecule has 0 aliphatic rings. The molecule has 0 aliphatic carbocycles. The maximum Gasteiger partial charge on any atom is 0.241 e.